The lowest BCUT2D eigenvalue weighted by molar-refractivity contribution is 0.0586. The highest BCUT2D eigenvalue weighted by Gasteiger charge is 2.36. The van der Waals surface area contributed by atoms with Crippen molar-refractivity contribution >= 4 is 5.91 Å². The van der Waals surface area contributed by atoms with Gasteiger partial charge in [0.15, 0.2) is 0 Å². The fourth-order valence-corrected chi connectivity index (χ4v) is 3.46. The number of piperidine rings is 1. The van der Waals surface area contributed by atoms with Gasteiger partial charge in [-0.1, -0.05) is 6.07 Å². The molecule has 3 heterocycles. The number of amides is 1. The quantitative estimate of drug-likeness (QED) is 0.786. The zero-order chi connectivity index (χ0) is 14.3. The van der Waals surface area contributed by atoms with Crippen molar-refractivity contribution in [2.24, 2.45) is 5.92 Å². The van der Waals surface area contributed by atoms with E-state index >= 15 is 0 Å². The zero-order valence-electron chi connectivity index (χ0n) is 12.1. The van der Waals surface area contributed by atoms with Crippen LogP contribution in [0.5, 0.6) is 0 Å². The highest BCUT2D eigenvalue weighted by molar-refractivity contribution is 5.94. The number of carbonyl (C=O) groups is 1. The van der Waals surface area contributed by atoms with Gasteiger partial charge in [0.2, 0.25) is 0 Å². The first kappa shape index (κ1) is 13.6. The maximum absolute atomic E-state index is 13.7. The molecule has 1 aromatic carbocycles. The largest absolute Gasteiger partial charge is 0.334 e. The molecular formula is C16H21FN2O. The molecule has 1 aromatic rings. The number of fused-ring (bicyclic) bond motifs is 4. The molecule has 0 aliphatic carbocycles. The predicted octanol–water partition coefficient (Wildman–Crippen LogP) is 2.30. The second-order valence-electron chi connectivity index (χ2n) is 6.24. The lowest BCUT2D eigenvalue weighted by Gasteiger charge is -2.36. The maximum atomic E-state index is 13.7. The van der Waals surface area contributed by atoms with Gasteiger partial charge < -0.3 is 9.80 Å². The summed E-state index contributed by atoms with van der Waals surface area (Å²) in [5.41, 5.74) is 1.06. The van der Waals surface area contributed by atoms with Gasteiger partial charge in [-0.25, -0.2) is 4.39 Å². The number of likely N-dealkylation sites (N-methyl/N-ethyl adjacent to an activating group) is 1. The molecule has 20 heavy (non-hydrogen) atoms. The Hall–Kier alpha value is -1.42. The van der Waals surface area contributed by atoms with Crippen molar-refractivity contribution < 1.29 is 9.18 Å². The van der Waals surface area contributed by atoms with Gasteiger partial charge in [0.25, 0.3) is 5.91 Å². The van der Waals surface area contributed by atoms with Crippen molar-refractivity contribution in [2.45, 2.75) is 25.8 Å². The summed E-state index contributed by atoms with van der Waals surface area (Å²) in [5, 5.41) is 0. The van der Waals surface area contributed by atoms with E-state index in [4.69, 9.17) is 0 Å². The van der Waals surface area contributed by atoms with Crippen LogP contribution in [0.1, 0.15) is 28.8 Å². The number of aryl methyl sites for hydroxylation is 1. The van der Waals surface area contributed by atoms with Gasteiger partial charge in [0, 0.05) is 31.2 Å². The molecule has 0 unspecified atom stereocenters. The highest BCUT2D eigenvalue weighted by atomic mass is 19.1. The SMILES string of the molecule is Cc1ccc(C(=O)N2C[C@@H]3CC[C@H]2CN(C)C3)cc1F. The van der Waals surface area contributed by atoms with E-state index < -0.39 is 0 Å². The van der Waals surface area contributed by atoms with Gasteiger partial charge >= 0.3 is 0 Å². The molecule has 0 saturated carbocycles. The number of carbonyl (C=O) groups excluding carboxylic acids is 1. The molecule has 108 valence electrons. The lowest BCUT2D eigenvalue weighted by atomic mass is 9.94. The second kappa shape index (κ2) is 5.17. The van der Waals surface area contributed by atoms with Crippen molar-refractivity contribution in [3.05, 3.63) is 35.1 Å². The standard InChI is InChI=1S/C16H21FN2O/c1-11-3-5-13(7-15(11)17)16(20)19-9-12-4-6-14(19)10-18(2)8-12/h3,5,7,12,14H,4,6,8-10H2,1-2H3/t12-,14+/m1/s1. The van der Waals surface area contributed by atoms with Gasteiger partial charge in [0.1, 0.15) is 5.82 Å². The third-order valence-corrected chi connectivity index (χ3v) is 4.58. The molecule has 3 aliphatic heterocycles. The van der Waals surface area contributed by atoms with E-state index in [1.54, 1.807) is 19.1 Å². The first-order chi connectivity index (χ1) is 9.54. The molecule has 2 bridgehead atoms. The minimum atomic E-state index is -0.298. The van der Waals surface area contributed by atoms with Crippen molar-refractivity contribution in [3.63, 3.8) is 0 Å². The summed E-state index contributed by atoms with van der Waals surface area (Å²) >= 11 is 0. The van der Waals surface area contributed by atoms with Crippen LogP contribution in [0.4, 0.5) is 4.39 Å². The lowest BCUT2D eigenvalue weighted by Crippen LogP contribution is -2.47. The van der Waals surface area contributed by atoms with E-state index in [0.717, 1.165) is 26.1 Å². The van der Waals surface area contributed by atoms with Crippen LogP contribution in [-0.2, 0) is 0 Å². The fourth-order valence-electron chi connectivity index (χ4n) is 3.46. The Balaban J connectivity index is 1.85. The van der Waals surface area contributed by atoms with Crippen LogP contribution in [-0.4, -0.2) is 48.4 Å². The molecule has 3 fully saturated rings. The van der Waals surface area contributed by atoms with Crippen molar-refractivity contribution in [1.29, 1.82) is 0 Å². The maximum Gasteiger partial charge on any atom is 0.254 e. The van der Waals surface area contributed by atoms with Crippen LogP contribution in [0.25, 0.3) is 0 Å². The Morgan fingerprint density at radius 2 is 2.05 bits per heavy atom. The van der Waals surface area contributed by atoms with Crippen molar-refractivity contribution in [3.8, 4) is 0 Å². The van der Waals surface area contributed by atoms with Crippen LogP contribution in [0, 0.1) is 18.7 Å². The Kier molecular flexibility index (Phi) is 3.50. The summed E-state index contributed by atoms with van der Waals surface area (Å²) in [4.78, 5) is 16.9. The van der Waals surface area contributed by atoms with Gasteiger partial charge in [-0.05, 0) is 50.4 Å². The van der Waals surface area contributed by atoms with Crippen LogP contribution in [0.15, 0.2) is 18.2 Å². The summed E-state index contributed by atoms with van der Waals surface area (Å²) in [6.45, 7) is 4.51. The molecule has 0 N–H and O–H groups in total. The predicted molar refractivity (Wildman–Crippen MR) is 76.2 cm³/mol. The normalized spacial score (nSPS) is 26.6. The summed E-state index contributed by atoms with van der Waals surface area (Å²) < 4.78 is 13.7. The van der Waals surface area contributed by atoms with E-state index in [1.807, 2.05) is 4.90 Å². The van der Waals surface area contributed by atoms with Crippen LogP contribution < -0.4 is 0 Å². The Morgan fingerprint density at radius 1 is 1.25 bits per heavy atom. The molecule has 2 atom stereocenters. The molecular weight excluding hydrogens is 255 g/mol. The van der Waals surface area contributed by atoms with Gasteiger partial charge in [-0.15, -0.1) is 0 Å². The molecule has 4 rings (SSSR count). The van der Waals surface area contributed by atoms with E-state index in [2.05, 4.69) is 11.9 Å². The van der Waals surface area contributed by atoms with E-state index in [1.165, 1.54) is 12.5 Å². The van der Waals surface area contributed by atoms with Crippen LogP contribution in [0.3, 0.4) is 0 Å². The Bertz CT molecular complexity index is 531. The monoisotopic (exact) mass is 276 g/mol. The smallest absolute Gasteiger partial charge is 0.254 e. The summed E-state index contributed by atoms with van der Waals surface area (Å²) in [7, 11) is 2.12. The van der Waals surface area contributed by atoms with E-state index in [0.29, 0.717) is 17.0 Å². The molecule has 3 nitrogen and oxygen atoms in total. The Labute approximate surface area is 119 Å². The van der Waals surface area contributed by atoms with E-state index in [9.17, 15) is 9.18 Å². The number of hydrogen-bond acceptors (Lipinski definition) is 2. The number of halogens is 1. The molecule has 4 heteroatoms. The van der Waals surface area contributed by atoms with Gasteiger partial charge in [-0.2, -0.15) is 0 Å². The van der Waals surface area contributed by atoms with Crippen LogP contribution in [0.2, 0.25) is 0 Å². The average Bonchev–Trinajstić information content (AvgIpc) is 2.69. The highest BCUT2D eigenvalue weighted by Crippen LogP contribution is 2.28. The number of benzene rings is 1. The fraction of sp³-hybridized carbons (Fsp3) is 0.562. The molecule has 0 radical (unpaired) electrons. The molecule has 3 aliphatic rings. The summed E-state index contributed by atoms with van der Waals surface area (Å²) in [5.74, 6) is 0.236. The minimum absolute atomic E-state index is 0.0195. The molecule has 3 saturated heterocycles. The Morgan fingerprint density at radius 3 is 2.80 bits per heavy atom. The van der Waals surface area contributed by atoms with Gasteiger partial charge in [0.05, 0.1) is 0 Å². The molecule has 1 amide bonds. The number of hydrogen-bond donors (Lipinski definition) is 0. The first-order valence-corrected chi connectivity index (χ1v) is 7.30. The van der Waals surface area contributed by atoms with Crippen molar-refractivity contribution in [2.75, 3.05) is 26.7 Å². The third kappa shape index (κ3) is 2.44. The second-order valence-corrected chi connectivity index (χ2v) is 6.24. The van der Waals surface area contributed by atoms with Crippen LogP contribution >= 0.6 is 0 Å². The summed E-state index contributed by atoms with van der Waals surface area (Å²) in [6, 6.07) is 5.07. The van der Waals surface area contributed by atoms with Gasteiger partial charge in [-0.3, -0.25) is 4.79 Å². The third-order valence-electron chi connectivity index (χ3n) is 4.58. The first-order valence-electron chi connectivity index (χ1n) is 7.30. The van der Waals surface area contributed by atoms with E-state index in [-0.39, 0.29) is 17.8 Å². The topological polar surface area (TPSA) is 23.6 Å². The minimum Gasteiger partial charge on any atom is -0.334 e. The number of nitrogens with zero attached hydrogens (tertiary/aromatic N) is 2. The number of rotatable bonds is 1. The van der Waals surface area contributed by atoms with Crippen molar-refractivity contribution in [1.82, 2.24) is 9.80 Å². The average molecular weight is 276 g/mol. The summed E-state index contributed by atoms with van der Waals surface area (Å²) in [6.07, 6.45) is 2.26. The molecule has 0 aromatic heterocycles. The zero-order valence-corrected chi connectivity index (χ0v) is 12.1. The molecule has 0 spiro atoms.